The second-order valence-electron chi connectivity index (χ2n) is 5.58. The number of rotatable bonds is 7. The Morgan fingerprint density at radius 3 is 2.50 bits per heavy atom. The molecule has 2 rings (SSSR count). The van der Waals surface area contributed by atoms with E-state index >= 15 is 0 Å². The molecule has 0 aliphatic rings. The molecule has 2 N–H and O–H groups in total. The maximum Gasteiger partial charge on any atom is 0.310 e. The molecular weight excluding hydrogens is 306 g/mol. The van der Waals surface area contributed by atoms with Gasteiger partial charge in [-0.25, -0.2) is 0 Å². The van der Waals surface area contributed by atoms with E-state index in [0.717, 1.165) is 11.3 Å². The molecule has 0 spiro atoms. The first-order valence-corrected chi connectivity index (χ1v) is 7.75. The molecule has 0 saturated carbocycles. The van der Waals surface area contributed by atoms with Gasteiger partial charge in [-0.05, 0) is 48.7 Å². The minimum atomic E-state index is -0.891. The molecule has 0 aromatic heterocycles. The van der Waals surface area contributed by atoms with Crippen LogP contribution in [0, 0.1) is 0 Å². The molecule has 0 saturated heterocycles. The van der Waals surface area contributed by atoms with E-state index in [2.05, 4.69) is 5.32 Å². The van der Waals surface area contributed by atoms with Crippen molar-refractivity contribution >= 4 is 17.6 Å². The van der Waals surface area contributed by atoms with Gasteiger partial charge in [-0.15, -0.1) is 0 Å². The summed E-state index contributed by atoms with van der Waals surface area (Å²) in [5.41, 5.74) is 2.33. The Morgan fingerprint density at radius 1 is 1.17 bits per heavy atom. The first-order chi connectivity index (χ1) is 11.5. The summed E-state index contributed by atoms with van der Waals surface area (Å²) >= 11 is 0. The molecule has 0 fully saturated rings. The number of carboxylic acid groups (broad SMARTS) is 1. The minimum Gasteiger partial charge on any atom is -0.497 e. The molecule has 1 atom stereocenters. The van der Waals surface area contributed by atoms with Gasteiger partial charge in [0.2, 0.25) is 5.91 Å². The topological polar surface area (TPSA) is 75.6 Å². The lowest BCUT2D eigenvalue weighted by Gasteiger charge is -2.10. The van der Waals surface area contributed by atoms with Crippen molar-refractivity contribution in [1.29, 1.82) is 0 Å². The summed E-state index contributed by atoms with van der Waals surface area (Å²) in [6.45, 7) is 1.62. The van der Waals surface area contributed by atoms with E-state index in [-0.39, 0.29) is 5.91 Å². The Bertz CT molecular complexity index is 710. The number of aryl methyl sites for hydroxylation is 1. The number of anilines is 1. The van der Waals surface area contributed by atoms with Crippen molar-refractivity contribution in [2.75, 3.05) is 12.4 Å². The van der Waals surface area contributed by atoms with E-state index in [0.29, 0.717) is 24.1 Å². The van der Waals surface area contributed by atoms with E-state index < -0.39 is 11.9 Å². The summed E-state index contributed by atoms with van der Waals surface area (Å²) in [4.78, 5) is 23.1. The fourth-order valence-electron chi connectivity index (χ4n) is 2.30. The average Bonchev–Trinajstić information content (AvgIpc) is 2.60. The van der Waals surface area contributed by atoms with E-state index in [1.165, 1.54) is 0 Å². The van der Waals surface area contributed by atoms with Crippen molar-refractivity contribution in [3.05, 3.63) is 59.7 Å². The molecule has 0 aliphatic carbocycles. The van der Waals surface area contributed by atoms with Gasteiger partial charge in [0, 0.05) is 12.1 Å². The van der Waals surface area contributed by atoms with E-state index in [9.17, 15) is 9.59 Å². The van der Waals surface area contributed by atoms with E-state index in [1.54, 1.807) is 38.3 Å². The summed E-state index contributed by atoms with van der Waals surface area (Å²) in [5.74, 6) is -0.822. The van der Waals surface area contributed by atoms with Crippen LogP contribution in [0.15, 0.2) is 48.5 Å². The second-order valence-corrected chi connectivity index (χ2v) is 5.58. The molecule has 2 aromatic rings. The Hall–Kier alpha value is -2.82. The van der Waals surface area contributed by atoms with Crippen molar-refractivity contribution in [1.82, 2.24) is 0 Å². The summed E-state index contributed by atoms with van der Waals surface area (Å²) in [6.07, 6.45) is 0.978. The third kappa shape index (κ3) is 4.84. The van der Waals surface area contributed by atoms with Crippen LogP contribution in [-0.2, 0) is 16.0 Å². The standard InChI is InChI=1S/C19H21NO4/c1-13(19(22)23)15-4-3-5-16(12-15)20-18(21)11-8-14-6-9-17(24-2)10-7-14/h3-7,9-10,12-13H,8,11H2,1-2H3,(H,20,21)(H,22,23). The van der Waals surface area contributed by atoms with Gasteiger partial charge in [-0.2, -0.15) is 0 Å². The maximum absolute atomic E-state index is 12.1. The number of aliphatic carboxylic acids is 1. The van der Waals surface area contributed by atoms with Gasteiger partial charge in [0.25, 0.3) is 0 Å². The molecule has 0 radical (unpaired) electrons. The van der Waals surface area contributed by atoms with Crippen LogP contribution in [-0.4, -0.2) is 24.1 Å². The zero-order valence-electron chi connectivity index (χ0n) is 13.8. The van der Waals surface area contributed by atoms with Crippen LogP contribution in [0.3, 0.4) is 0 Å². The first kappa shape index (κ1) is 17.5. The van der Waals surface area contributed by atoms with Gasteiger partial charge >= 0.3 is 5.97 Å². The van der Waals surface area contributed by atoms with Crippen LogP contribution < -0.4 is 10.1 Å². The van der Waals surface area contributed by atoms with Crippen LogP contribution in [0.5, 0.6) is 5.75 Å². The van der Waals surface area contributed by atoms with Crippen LogP contribution >= 0.6 is 0 Å². The smallest absolute Gasteiger partial charge is 0.310 e. The van der Waals surface area contributed by atoms with E-state index in [1.807, 2.05) is 24.3 Å². The van der Waals surface area contributed by atoms with Crippen molar-refractivity contribution in [3.8, 4) is 5.75 Å². The molecule has 2 aromatic carbocycles. The van der Waals surface area contributed by atoms with Crippen molar-refractivity contribution in [3.63, 3.8) is 0 Å². The highest BCUT2D eigenvalue weighted by atomic mass is 16.5. The highest BCUT2D eigenvalue weighted by Gasteiger charge is 2.14. The monoisotopic (exact) mass is 327 g/mol. The normalized spacial score (nSPS) is 11.6. The zero-order valence-corrected chi connectivity index (χ0v) is 13.8. The number of methoxy groups -OCH3 is 1. The van der Waals surface area contributed by atoms with Gasteiger partial charge in [0.1, 0.15) is 5.75 Å². The fraction of sp³-hybridized carbons (Fsp3) is 0.263. The zero-order chi connectivity index (χ0) is 17.5. The number of carbonyl (C=O) groups excluding carboxylic acids is 1. The number of ether oxygens (including phenoxy) is 1. The summed E-state index contributed by atoms with van der Waals surface area (Å²) in [7, 11) is 1.61. The molecule has 1 unspecified atom stereocenters. The molecule has 0 aliphatic heterocycles. The highest BCUT2D eigenvalue weighted by molar-refractivity contribution is 5.91. The summed E-state index contributed by atoms with van der Waals surface area (Å²) < 4.78 is 5.10. The third-order valence-electron chi connectivity index (χ3n) is 3.84. The number of benzene rings is 2. The van der Waals surface area contributed by atoms with Gasteiger partial charge in [-0.1, -0.05) is 24.3 Å². The Kier molecular flexibility index (Phi) is 5.95. The first-order valence-electron chi connectivity index (χ1n) is 7.75. The predicted molar refractivity (Wildman–Crippen MR) is 92.4 cm³/mol. The number of carbonyl (C=O) groups is 2. The Balaban J connectivity index is 1.92. The fourth-order valence-corrected chi connectivity index (χ4v) is 2.30. The van der Waals surface area contributed by atoms with Crippen LogP contribution in [0.25, 0.3) is 0 Å². The maximum atomic E-state index is 12.1. The van der Waals surface area contributed by atoms with Crippen LogP contribution in [0.1, 0.15) is 30.4 Å². The SMILES string of the molecule is COc1ccc(CCC(=O)Nc2cccc(C(C)C(=O)O)c2)cc1. The number of hydrogen-bond donors (Lipinski definition) is 2. The van der Waals surface area contributed by atoms with Crippen molar-refractivity contribution in [2.24, 2.45) is 0 Å². The van der Waals surface area contributed by atoms with Crippen LogP contribution in [0.2, 0.25) is 0 Å². The molecule has 126 valence electrons. The number of amides is 1. The largest absolute Gasteiger partial charge is 0.497 e. The van der Waals surface area contributed by atoms with Gasteiger partial charge in [-0.3, -0.25) is 9.59 Å². The Morgan fingerprint density at radius 2 is 1.88 bits per heavy atom. The van der Waals surface area contributed by atoms with E-state index in [4.69, 9.17) is 9.84 Å². The summed E-state index contributed by atoms with van der Waals surface area (Å²) in [6, 6.07) is 14.5. The van der Waals surface area contributed by atoms with Crippen molar-refractivity contribution in [2.45, 2.75) is 25.7 Å². The number of hydrogen-bond acceptors (Lipinski definition) is 3. The molecule has 0 bridgehead atoms. The molecular formula is C19H21NO4. The second kappa shape index (κ2) is 8.15. The van der Waals surface area contributed by atoms with Gasteiger partial charge < -0.3 is 15.2 Å². The third-order valence-corrected chi connectivity index (χ3v) is 3.84. The minimum absolute atomic E-state index is 0.106. The summed E-state index contributed by atoms with van der Waals surface area (Å²) in [5, 5.41) is 11.9. The lowest BCUT2D eigenvalue weighted by Crippen LogP contribution is -2.13. The average molecular weight is 327 g/mol. The molecule has 5 nitrogen and oxygen atoms in total. The molecule has 1 amide bonds. The highest BCUT2D eigenvalue weighted by Crippen LogP contribution is 2.20. The molecule has 24 heavy (non-hydrogen) atoms. The lowest BCUT2D eigenvalue weighted by molar-refractivity contribution is -0.138. The number of nitrogens with one attached hydrogen (secondary N) is 1. The number of carboxylic acids is 1. The van der Waals surface area contributed by atoms with Gasteiger partial charge in [0.05, 0.1) is 13.0 Å². The lowest BCUT2D eigenvalue weighted by atomic mass is 10.0. The van der Waals surface area contributed by atoms with Crippen molar-refractivity contribution < 1.29 is 19.4 Å². The van der Waals surface area contributed by atoms with Gasteiger partial charge in [0.15, 0.2) is 0 Å². The molecule has 0 heterocycles. The predicted octanol–water partition coefficient (Wildman–Crippen LogP) is 3.45. The molecule has 5 heteroatoms. The van der Waals surface area contributed by atoms with Crippen LogP contribution in [0.4, 0.5) is 5.69 Å². The quantitative estimate of drug-likeness (QED) is 0.816. The Labute approximate surface area is 141 Å².